The van der Waals surface area contributed by atoms with E-state index in [0.717, 1.165) is 16.8 Å². The number of methoxy groups -OCH3 is 1. The van der Waals surface area contributed by atoms with Crippen LogP contribution in [0.5, 0.6) is 5.75 Å². The van der Waals surface area contributed by atoms with E-state index in [1.54, 1.807) is 7.11 Å². The molecule has 0 atom stereocenters. The predicted molar refractivity (Wildman–Crippen MR) is 47.1 cm³/mol. The molecule has 0 aliphatic carbocycles. The summed E-state index contributed by atoms with van der Waals surface area (Å²) in [6, 6.07) is 5.68. The van der Waals surface area contributed by atoms with E-state index in [2.05, 4.69) is 16.9 Å². The van der Waals surface area contributed by atoms with Gasteiger partial charge in [0, 0.05) is 13.0 Å². The average molecular weight is 161 g/mol. The van der Waals surface area contributed by atoms with E-state index in [4.69, 9.17) is 4.74 Å². The van der Waals surface area contributed by atoms with E-state index in [1.807, 2.05) is 18.2 Å². The molecule has 0 spiro atoms. The standard InChI is InChI=1S/C9H9N2O/c1-6-10-8-4-3-7(12-2)5-9(8)11-6/h3-5H,1H2,2H3,(H,10,11). The van der Waals surface area contributed by atoms with Crippen LogP contribution >= 0.6 is 0 Å². The van der Waals surface area contributed by atoms with Gasteiger partial charge in [-0.2, -0.15) is 0 Å². The average Bonchev–Trinajstić information content (AvgIpc) is 2.43. The van der Waals surface area contributed by atoms with E-state index in [1.165, 1.54) is 0 Å². The molecule has 2 aromatic rings. The number of benzene rings is 1. The van der Waals surface area contributed by atoms with Gasteiger partial charge in [-0.15, -0.1) is 0 Å². The van der Waals surface area contributed by atoms with Crippen molar-refractivity contribution in [2.75, 3.05) is 7.11 Å². The fraction of sp³-hybridized carbons (Fsp3) is 0.111. The highest BCUT2D eigenvalue weighted by atomic mass is 16.5. The number of H-pyrrole nitrogens is 1. The fourth-order valence-electron chi connectivity index (χ4n) is 1.17. The van der Waals surface area contributed by atoms with Crippen LogP contribution in [0.15, 0.2) is 18.2 Å². The molecule has 12 heavy (non-hydrogen) atoms. The predicted octanol–water partition coefficient (Wildman–Crippen LogP) is 1.75. The lowest BCUT2D eigenvalue weighted by molar-refractivity contribution is 0.415. The second-order valence-electron chi connectivity index (χ2n) is 2.57. The van der Waals surface area contributed by atoms with Crippen LogP contribution in [0.1, 0.15) is 5.82 Å². The van der Waals surface area contributed by atoms with Crippen molar-refractivity contribution in [3.05, 3.63) is 30.9 Å². The van der Waals surface area contributed by atoms with Gasteiger partial charge < -0.3 is 9.72 Å². The quantitative estimate of drug-likeness (QED) is 0.692. The van der Waals surface area contributed by atoms with Gasteiger partial charge in [-0.05, 0) is 12.1 Å². The third-order valence-corrected chi connectivity index (χ3v) is 1.74. The van der Waals surface area contributed by atoms with Crippen molar-refractivity contribution >= 4 is 11.0 Å². The Hall–Kier alpha value is -1.51. The summed E-state index contributed by atoms with van der Waals surface area (Å²) < 4.78 is 5.06. The van der Waals surface area contributed by atoms with E-state index in [0.29, 0.717) is 5.82 Å². The number of hydrogen-bond acceptors (Lipinski definition) is 2. The molecule has 0 unspecified atom stereocenters. The molecule has 2 rings (SSSR count). The molecular weight excluding hydrogens is 152 g/mol. The number of rotatable bonds is 1. The molecule has 0 aliphatic rings. The summed E-state index contributed by atoms with van der Waals surface area (Å²) in [5.74, 6) is 1.50. The molecule has 0 aliphatic heterocycles. The number of hydrogen-bond donors (Lipinski definition) is 1. The van der Waals surface area contributed by atoms with Crippen LogP contribution in [-0.4, -0.2) is 17.1 Å². The maximum Gasteiger partial charge on any atom is 0.121 e. The largest absolute Gasteiger partial charge is 0.497 e. The normalized spacial score (nSPS) is 10.5. The maximum atomic E-state index is 5.06. The SMILES string of the molecule is [CH2]c1nc2ccc(OC)cc2[nH]1. The Morgan fingerprint density at radius 3 is 3.08 bits per heavy atom. The van der Waals surface area contributed by atoms with Crippen molar-refractivity contribution < 1.29 is 4.74 Å². The Labute approximate surface area is 70.4 Å². The first-order valence-electron chi connectivity index (χ1n) is 3.65. The minimum absolute atomic E-state index is 0.679. The Bertz CT molecular complexity index is 406. The summed E-state index contributed by atoms with van der Waals surface area (Å²) in [6.45, 7) is 3.71. The molecule has 3 nitrogen and oxygen atoms in total. The number of fused-ring (bicyclic) bond motifs is 1. The molecule has 0 bridgehead atoms. The van der Waals surface area contributed by atoms with E-state index < -0.39 is 0 Å². The van der Waals surface area contributed by atoms with Crippen molar-refractivity contribution in [3.8, 4) is 5.75 Å². The zero-order valence-corrected chi connectivity index (χ0v) is 6.79. The van der Waals surface area contributed by atoms with Crippen molar-refractivity contribution in [2.45, 2.75) is 0 Å². The zero-order chi connectivity index (χ0) is 8.55. The summed E-state index contributed by atoms with van der Waals surface area (Å²) in [6.07, 6.45) is 0. The summed E-state index contributed by atoms with van der Waals surface area (Å²) in [5.41, 5.74) is 1.88. The monoisotopic (exact) mass is 161 g/mol. The van der Waals surface area contributed by atoms with Gasteiger partial charge in [0.1, 0.15) is 11.6 Å². The minimum atomic E-state index is 0.679. The Morgan fingerprint density at radius 1 is 1.50 bits per heavy atom. The number of aromatic nitrogens is 2. The molecule has 3 heteroatoms. The van der Waals surface area contributed by atoms with E-state index in [-0.39, 0.29) is 0 Å². The molecule has 0 saturated heterocycles. The third-order valence-electron chi connectivity index (χ3n) is 1.74. The first kappa shape index (κ1) is 7.16. The molecule has 0 saturated carbocycles. The van der Waals surface area contributed by atoms with Gasteiger partial charge in [-0.1, -0.05) is 0 Å². The van der Waals surface area contributed by atoms with E-state index >= 15 is 0 Å². The van der Waals surface area contributed by atoms with Gasteiger partial charge >= 0.3 is 0 Å². The van der Waals surface area contributed by atoms with Gasteiger partial charge in [-0.25, -0.2) is 4.98 Å². The lowest BCUT2D eigenvalue weighted by Crippen LogP contribution is -1.81. The first-order chi connectivity index (χ1) is 5.79. The molecule has 0 amide bonds. The van der Waals surface area contributed by atoms with Crippen LogP contribution in [0.25, 0.3) is 11.0 Å². The second-order valence-corrected chi connectivity index (χ2v) is 2.57. The molecule has 1 radical (unpaired) electrons. The topological polar surface area (TPSA) is 37.9 Å². The molecule has 1 aromatic heterocycles. The summed E-state index contributed by atoms with van der Waals surface area (Å²) in [4.78, 5) is 7.20. The Balaban J connectivity index is 2.66. The minimum Gasteiger partial charge on any atom is -0.497 e. The smallest absolute Gasteiger partial charge is 0.121 e. The van der Waals surface area contributed by atoms with Gasteiger partial charge in [0.15, 0.2) is 0 Å². The Kier molecular flexibility index (Phi) is 1.50. The number of ether oxygens (including phenoxy) is 1. The highest BCUT2D eigenvalue weighted by Crippen LogP contribution is 2.17. The fourth-order valence-corrected chi connectivity index (χ4v) is 1.17. The van der Waals surface area contributed by atoms with Crippen LogP contribution in [-0.2, 0) is 0 Å². The molecule has 1 aromatic carbocycles. The van der Waals surface area contributed by atoms with Crippen molar-refractivity contribution in [3.63, 3.8) is 0 Å². The lowest BCUT2D eigenvalue weighted by Gasteiger charge is -1.96. The first-order valence-corrected chi connectivity index (χ1v) is 3.65. The van der Waals surface area contributed by atoms with Crippen molar-refractivity contribution in [1.82, 2.24) is 9.97 Å². The van der Waals surface area contributed by atoms with Gasteiger partial charge in [0.05, 0.1) is 18.1 Å². The number of nitrogens with one attached hydrogen (secondary N) is 1. The van der Waals surface area contributed by atoms with Crippen LogP contribution < -0.4 is 4.74 Å². The maximum absolute atomic E-state index is 5.06. The second kappa shape index (κ2) is 2.52. The van der Waals surface area contributed by atoms with Crippen molar-refractivity contribution in [2.24, 2.45) is 0 Å². The summed E-state index contributed by atoms with van der Waals surface area (Å²) in [5, 5.41) is 0. The van der Waals surface area contributed by atoms with Crippen LogP contribution in [0.4, 0.5) is 0 Å². The van der Waals surface area contributed by atoms with Crippen LogP contribution in [0.3, 0.4) is 0 Å². The van der Waals surface area contributed by atoms with Gasteiger partial charge in [-0.3, -0.25) is 0 Å². The third kappa shape index (κ3) is 1.03. The van der Waals surface area contributed by atoms with Gasteiger partial charge in [0.25, 0.3) is 0 Å². The molecular formula is C9H9N2O. The Morgan fingerprint density at radius 2 is 2.33 bits per heavy atom. The summed E-state index contributed by atoms with van der Waals surface area (Å²) in [7, 11) is 1.64. The zero-order valence-electron chi connectivity index (χ0n) is 6.79. The van der Waals surface area contributed by atoms with Crippen LogP contribution in [0.2, 0.25) is 0 Å². The molecule has 1 N–H and O–H groups in total. The number of aromatic amines is 1. The number of nitrogens with zero attached hydrogens (tertiary/aromatic N) is 1. The van der Waals surface area contributed by atoms with Gasteiger partial charge in [0.2, 0.25) is 0 Å². The van der Waals surface area contributed by atoms with E-state index in [9.17, 15) is 0 Å². The van der Waals surface area contributed by atoms with Crippen LogP contribution in [0, 0.1) is 6.92 Å². The molecule has 1 heterocycles. The lowest BCUT2D eigenvalue weighted by atomic mass is 10.3. The summed E-state index contributed by atoms with van der Waals surface area (Å²) >= 11 is 0. The van der Waals surface area contributed by atoms with Crippen molar-refractivity contribution in [1.29, 1.82) is 0 Å². The molecule has 61 valence electrons. The number of imidazole rings is 1. The molecule has 0 fully saturated rings. The highest BCUT2D eigenvalue weighted by molar-refractivity contribution is 5.76. The highest BCUT2D eigenvalue weighted by Gasteiger charge is 1.99.